The van der Waals surface area contributed by atoms with Crippen LogP contribution in [0.3, 0.4) is 0 Å². The van der Waals surface area contributed by atoms with Gasteiger partial charge < -0.3 is 20.9 Å². The van der Waals surface area contributed by atoms with Gasteiger partial charge in [-0.15, -0.1) is 0 Å². The molecule has 0 saturated heterocycles. The fourth-order valence-electron chi connectivity index (χ4n) is 3.07. The molecule has 1 aromatic carbocycles. The molecule has 0 aliphatic heterocycles. The van der Waals surface area contributed by atoms with Crippen LogP contribution in [0.25, 0.3) is 0 Å². The highest BCUT2D eigenvalue weighted by Gasteiger charge is 2.28. The average Bonchev–Trinajstić information content (AvgIpc) is 2.80. The van der Waals surface area contributed by atoms with Crippen LogP contribution in [-0.2, 0) is 30.4 Å². The number of rotatable bonds is 13. The summed E-state index contributed by atoms with van der Waals surface area (Å²) in [6.45, 7) is 6.54. The van der Waals surface area contributed by atoms with Crippen molar-refractivity contribution in [1.82, 2.24) is 26.3 Å². The van der Waals surface area contributed by atoms with Crippen molar-refractivity contribution in [2.45, 2.75) is 38.8 Å². The van der Waals surface area contributed by atoms with Gasteiger partial charge in [-0.25, -0.2) is 5.84 Å². The Balaban J connectivity index is 3.00. The summed E-state index contributed by atoms with van der Waals surface area (Å²) in [5, 5.41) is 7.75. The molecule has 0 spiro atoms. The van der Waals surface area contributed by atoms with E-state index in [2.05, 4.69) is 22.5 Å². The third-order valence-corrected chi connectivity index (χ3v) is 4.79. The van der Waals surface area contributed by atoms with Crippen LogP contribution < -0.4 is 27.2 Å². The normalized spacial score (nSPS) is 12.1. The molecule has 0 fully saturated rings. The molecule has 2 atom stereocenters. The molecule has 0 aliphatic rings. The molecule has 186 valence electrons. The third-order valence-electron chi connectivity index (χ3n) is 4.79. The minimum atomic E-state index is -1.00. The van der Waals surface area contributed by atoms with Crippen LogP contribution in [0.2, 0.25) is 0 Å². The van der Waals surface area contributed by atoms with Gasteiger partial charge in [-0.1, -0.05) is 50.8 Å². The number of hydrogen-bond donors (Lipinski definition) is 5. The largest absolute Gasteiger partial charge is 0.345 e. The Bertz CT molecular complexity index is 874. The monoisotopic (exact) mass is 474 g/mol. The van der Waals surface area contributed by atoms with Crippen LogP contribution in [0.5, 0.6) is 0 Å². The number of nitrogens with one attached hydrogen (secondary N) is 4. The lowest BCUT2D eigenvalue weighted by Gasteiger charge is -2.25. The summed E-state index contributed by atoms with van der Waals surface area (Å²) in [4.78, 5) is 62.5. The quantitative estimate of drug-likeness (QED) is 0.107. The van der Waals surface area contributed by atoms with E-state index in [1.54, 1.807) is 12.1 Å². The third kappa shape index (κ3) is 10.3. The minimum absolute atomic E-state index is 0.0557. The van der Waals surface area contributed by atoms with Gasteiger partial charge >= 0.3 is 0 Å². The van der Waals surface area contributed by atoms with Gasteiger partial charge in [0.05, 0.1) is 13.1 Å². The molecule has 1 rings (SSSR count). The molecule has 11 heteroatoms. The number of benzene rings is 1. The Morgan fingerprint density at radius 1 is 1.00 bits per heavy atom. The van der Waals surface area contributed by atoms with Crippen molar-refractivity contribution in [2.75, 3.05) is 20.1 Å². The molecule has 0 bridgehead atoms. The summed E-state index contributed by atoms with van der Waals surface area (Å²) >= 11 is 0. The van der Waals surface area contributed by atoms with E-state index in [9.17, 15) is 24.0 Å². The number of hydrogen-bond acceptors (Lipinski definition) is 6. The van der Waals surface area contributed by atoms with E-state index >= 15 is 0 Å². The zero-order valence-corrected chi connectivity index (χ0v) is 19.8. The van der Waals surface area contributed by atoms with E-state index in [1.165, 1.54) is 7.05 Å². The summed E-state index contributed by atoms with van der Waals surface area (Å²) in [6.07, 6.45) is 1.56. The van der Waals surface area contributed by atoms with E-state index in [0.717, 1.165) is 16.5 Å². The van der Waals surface area contributed by atoms with Crippen molar-refractivity contribution in [3.05, 3.63) is 48.6 Å². The Morgan fingerprint density at radius 2 is 1.65 bits per heavy atom. The molecule has 11 nitrogen and oxygen atoms in total. The van der Waals surface area contributed by atoms with Gasteiger partial charge in [-0.2, -0.15) is 0 Å². The van der Waals surface area contributed by atoms with Gasteiger partial charge in [-0.05, 0) is 24.0 Å². The maximum Gasteiger partial charge on any atom is 0.253 e. The Morgan fingerprint density at radius 3 is 2.21 bits per heavy atom. The average molecular weight is 475 g/mol. The van der Waals surface area contributed by atoms with Crippen molar-refractivity contribution in [3.63, 3.8) is 0 Å². The van der Waals surface area contributed by atoms with Crippen LogP contribution >= 0.6 is 0 Å². The molecule has 0 aromatic heterocycles. The summed E-state index contributed by atoms with van der Waals surface area (Å²) in [5.74, 6) is 2.40. The second kappa shape index (κ2) is 14.4. The Labute approximate surface area is 199 Å². The van der Waals surface area contributed by atoms with E-state index in [4.69, 9.17) is 5.84 Å². The standard InChI is InChI=1S/C23H34N6O5/c1-5-21(32)29(4)14-20(31)26-18(12-16-9-7-6-8-10-16)23(34)27-17(11-15(2)3)22(33)25-13-19(30)28-24/h5-10,15,17-18H,1,11-14,24H2,2-4H3,(H,25,33)(H,26,31)(H,27,34)(H,28,30)/t17-,18-/m0/s1. The van der Waals surface area contributed by atoms with E-state index in [-0.39, 0.29) is 25.4 Å². The van der Waals surface area contributed by atoms with Crippen LogP contribution in [0.4, 0.5) is 0 Å². The van der Waals surface area contributed by atoms with Gasteiger partial charge in [0.25, 0.3) is 5.91 Å². The second-order valence-corrected chi connectivity index (χ2v) is 8.18. The molecule has 0 heterocycles. The van der Waals surface area contributed by atoms with Crippen molar-refractivity contribution >= 4 is 29.5 Å². The Hall–Kier alpha value is -3.73. The summed E-state index contributed by atoms with van der Waals surface area (Å²) < 4.78 is 0. The number of nitrogens with zero attached hydrogens (tertiary/aromatic N) is 1. The van der Waals surface area contributed by atoms with Gasteiger partial charge in [0.2, 0.25) is 23.6 Å². The maximum atomic E-state index is 13.1. The zero-order valence-electron chi connectivity index (χ0n) is 19.8. The van der Waals surface area contributed by atoms with E-state index in [1.807, 2.05) is 37.5 Å². The fraction of sp³-hybridized carbons (Fsp3) is 0.435. The molecule has 5 amide bonds. The lowest BCUT2D eigenvalue weighted by Crippen LogP contribution is -2.56. The summed E-state index contributed by atoms with van der Waals surface area (Å²) in [6, 6.07) is 7.12. The number of likely N-dealkylation sites (N-methyl/N-ethyl adjacent to an activating group) is 1. The number of hydrazine groups is 1. The number of carbonyl (C=O) groups excluding carboxylic acids is 5. The smallest absolute Gasteiger partial charge is 0.253 e. The molecule has 1 aromatic rings. The fourth-order valence-corrected chi connectivity index (χ4v) is 3.07. The van der Waals surface area contributed by atoms with Crippen LogP contribution in [0.1, 0.15) is 25.8 Å². The van der Waals surface area contributed by atoms with Crippen molar-refractivity contribution < 1.29 is 24.0 Å². The molecule has 34 heavy (non-hydrogen) atoms. The van der Waals surface area contributed by atoms with Gasteiger partial charge in [0.15, 0.2) is 0 Å². The van der Waals surface area contributed by atoms with Crippen molar-refractivity contribution in [2.24, 2.45) is 11.8 Å². The van der Waals surface area contributed by atoms with Gasteiger partial charge in [-0.3, -0.25) is 29.4 Å². The maximum absolute atomic E-state index is 13.1. The first-order chi connectivity index (χ1) is 16.1. The SMILES string of the molecule is C=CC(=O)N(C)CC(=O)N[C@@H](Cc1ccccc1)C(=O)N[C@@H](CC(C)C)C(=O)NCC(=O)NN. The Kier molecular flexibility index (Phi) is 12.0. The highest BCUT2D eigenvalue weighted by atomic mass is 16.2. The molecular weight excluding hydrogens is 440 g/mol. The second-order valence-electron chi connectivity index (χ2n) is 8.18. The summed E-state index contributed by atoms with van der Waals surface area (Å²) in [5.41, 5.74) is 2.71. The van der Waals surface area contributed by atoms with E-state index in [0.29, 0.717) is 6.42 Å². The van der Waals surface area contributed by atoms with Crippen LogP contribution in [0, 0.1) is 5.92 Å². The highest BCUT2D eigenvalue weighted by Crippen LogP contribution is 2.08. The lowest BCUT2D eigenvalue weighted by atomic mass is 10.0. The van der Waals surface area contributed by atoms with Crippen molar-refractivity contribution in [1.29, 1.82) is 0 Å². The molecule has 0 unspecified atom stereocenters. The minimum Gasteiger partial charge on any atom is -0.345 e. The number of amides is 5. The zero-order chi connectivity index (χ0) is 25.7. The van der Waals surface area contributed by atoms with Crippen LogP contribution in [-0.4, -0.2) is 66.7 Å². The lowest BCUT2D eigenvalue weighted by molar-refractivity contribution is -0.134. The molecular formula is C23H34N6O5. The summed E-state index contributed by atoms with van der Waals surface area (Å²) in [7, 11) is 1.44. The topological polar surface area (TPSA) is 163 Å². The molecule has 0 saturated carbocycles. The highest BCUT2D eigenvalue weighted by molar-refractivity contribution is 5.95. The van der Waals surface area contributed by atoms with Gasteiger partial charge in [0.1, 0.15) is 12.1 Å². The number of carbonyl (C=O) groups is 5. The molecule has 6 N–H and O–H groups in total. The predicted molar refractivity (Wildman–Crippen MR) is 127 cm³/mol. The van der Waals surface area contributed by atoms with Crippen LogP contribution in [0.15, 0.2) is 43.0 Å². The first-order valence-corrected chi connectivity index (χ1v) is 10.9. The first kappa shape index (κ1) is 28.3. The van der Waals surface area contributed by atoms with E-state index < -0.39 is 41.6 Å². The molecule has 0 radical (unpaired) electrons. The van der Waals surface area contributed by atoms with Gasteiger partial charge in [0, 0.05) is 13.5 Å². The van der Waals surface area contributed by atoms with Crippen molar-refractivity contribution in [3.8, 4) is 0 Å². The first-order valence-electron chi connectivity index (χ1n) is 10.9. The molecule has 0 aliphatic carbocycles. The number of nitrogens with two attached hydrogens (primary N) is 1. The predicted octanol–water partition coefficient (Wildman–Crippen LogP) is -1.00.